The lowest BCUT2D eigenvalue weighted by atomic mass is 10.1. The molecule has 0 bridgehead atoms. The number of rotatable bonds is 7. The lowest BCUT2D eigenvalue weighted by Gasteiger charge is -2.35. The van der Waals surface area contributed by atoms with Crippen LogP contribution in [-0.4, -0.2) is 61.6 Å². The topological polar surface area (TPSA) is 32.8 Å². The Bertz CT molecular complexity index is 269. The third kappa shape index (κ3) is 5.91. The summed E-state index contributed by atoms with van der Waals surface area (Å²) in [6.45, 7) is 10.8. The maximum atomic E-state index is 11.9. The molecule has 4 nitrogen and oxygen atoms in total. The van der Waals surface area contributed by atoms with Crippen LogP contribution >= 0.6 is 0 Å². The summed E-state index contributed by atoms with van der Waals surface area (Å²) in [6, 6.07) is 0. The molecule has 0 spiro atoms. The van der Waals surface area contributed by atoms with E-state index in [-0.39, 0.29) is 17.9 Å². The summed E-state index contributed by atoms with van der Waals surface area (Å²) in [6.07, 6.45) is 4.00. The fourth-order valence-electron chi connectivity index (χ4n) is 2.52. The van der Waals surface area contributed by atoms with Gasteiger partial charge in [0.2, 0.25) is 5.91 Å². The van der Waals surface area contributed by atoms with E-state index in [1.807, 2.05) is 25.8 Å². The number of nitrogens with zero attached hydrogens (tertiary/aromatic N) is 2. The summed E-state index contributed by atoms with van der Waals surface area (Å²) in [5, 5.41) is 0. The molecule has 1 saturated heterocycles. The maximum absolute atomic E-state index is 11.9. The Hall–Kier alpha value is -0.610. The molecule has 0 aromatic heterocycles. The van der Waals surface area contributed by atoms with Crippen LogP contribution in [0.5, 0.6) is 0 Å². The standard InChI is InChI=1S/C15H30N2O2/c1-5-6-7-8-17-9-10-19-14(12-17)11-16(4)15(18)13(2)3/h13-14H,5-12H2,1-4H3. The first kappa shape index (κ1) is 16.4. The van der Waals surface area contributed by atoms with Crippen molar-refractivity contribution in [2.75, 3.05) is 39.8 Å². The third-order valence-electron chi connectivity index (χ3n) is 3.65. The second-order valence-corrected chi connectivity index (χ2v) is 5.87. The van der Waals surface area contributed by atoms with Crippen LogP contribution in [0.4, 0.5) is 0 Å². The highest BCUT2D eigenvalue weighted by molar-refractivity contribution is 5.77. The number of amides is 1. The molecule has 1 rings (SSSR count). The van der Waals surface area contributed by atoms with Gasteiger partial charge in [-0.05, 0) is 13.0 Å². The first-order valence-electron chi connectivity index (χ1n) is 7.63. The van der Waals surface area contributed by atoms with Crippen molar-refractivity contribution in [2.45, 2.75) is 46.1 Å². The van der Waals surface area contributed by atoms with Crippen molar-refractivity contribution in [2.24, 2.45) is 5.92 Å². The smallest absolute Gasteiger partial charge is 0.224 e. The highest BCUT2D eigenvalue weighted by Crippen LogP contribution is 2.09. The van der Waals surface area contributed by atoms with Crippen LogP contribution in [0, 0.1) is 5.92 Å². The van der Waals surface area contributed by atoms with E-state index < -0.39 is 0 Å². The zero-order valence-electron chi connectivity index (χ0n) is 13.0. The lowest BCUT2D eigenvalue weighted by molar-refractivity contribution is -0.136. The van der Waals surface area contributed by atoms with Gasteiger partial charge < -0.3 is 9.64 Å². The molecule has 1 amide bonds. The van der Waals surface area contributed by atoms with Crippen molar-refractivity contribution in [1.82, 2.24) is 9.80 Å². The summed E-state index contributed by atoms with van der Waals surface area (Å²) in [5.74, 6) is 0.265. The van der Waals surface area contributed by atoms with Crippen molar-refractivity contribution in [3.05, 3.63) is 0 Å². The van der Waals surface area contributed by atoms with Gasteiger partial charge in [0.25, 0.3) is 0 Å². The molecule has 1 unspecified atom stereocenters. The summed E-state index contributed by atoms with van der Waals surface area (Å²) < 4.78 is 5.78. The normalized spacial score (nSPS) is 20.8. The molecule has 0 saturated carbocycles. The van der Waals surface area contributed by atoms with E-state index >= 15 is 0 Å². The first-order chi connectivity index (χ1) is 9.04. The van der Waals surface area contributed by atoms with E-state index in [2.05, 4.69) is 11.8 Å². The van der Waals surface area contributed by atoms with Gasteiger partial charge in [0.15, 0.2) is 0 Å². The Balaban J connectivity index is 2.32. The minimum Gasteiger partial charge on any atom is -0.374 e. The van der Waals surface area contributed by atoms with Gasteiger partial charge in [-0.2, -0.15) is 0 Å². The zero-order chi connectivity index (χ0) is 14.3. The Morgan fingerprint density at radius 3 is 2.79 bits per heavy atom. The second-order valence-electron chi connectivity index (χ2n) is 5.87. The molecule has 1 fully saturated rings. The van der Waals surface area contributed by atoms with Gasteiger partial charge in [-0.3, -0.25) is 9.69 Å². The van der Waals surface area contributed by atoms with Crippen LogP contribution < -0.4 is 0 Å². The molecule has 0 aromatic carbocycles. The van der Waals surface area contributed by atoms with Gasteiger partial charge in [0, 0.05) is 32.6 Å². The number of carbonyl (C=O) groups excluding carboxylic acids is 1. The minimum absolute atomic E-state index is 0.0641. The zero-order valence-corrected chi connectivity index (χ0v) is 13.0. The first-order valence-corrected chi connectivity index (χ1v) is 7.63. The SMILES string of the molecule is CCCCCN1CCOC(CN(C)C(=O)C(C)C)C1. The van der Waals surface area contributed by atoms with E-state index in [1.54, 1.807) is 0 Å². The van der Waals surface area contributed by atoms with Crippen LogP contribution in [0.15, 0.2) is 0 Å². The molecule has 0 aliphatic carbocycles. The van der Waals surface area contributed by atoms with E-state index in [0.717, 1.165) is 26.2 Å². The number of carbonyl (C=O) groups is 1. The Morgan fingerprint density at radius 2 is 2.16 bits per heavy atom. The molecule has 112 valence electrons. The summed E-state index contributed by atoms with van der Waals surface area (Å²) in [5.41, 5.74) is 0. The predicted molar refractivity (Wildman–Crippen MR) is 78.2 cm³/mol. The average molecular weight is 270 g/mol. The fourth-order valence-corrected chi connectivity index (χ4v) is 2.52. The molecule has 0 N–H and O–H groups in total. The van der Waals surface area contributed by atoms with Gasteiger partial charge in [-0.1, -0.05) is 33.6 Å². The molecule has 1 aliphatic rings. The van der Waals surface area contributed by atoms with E-state index in [0.29, 0.717) is 6.54 Å². The predicted octanol–water partition coefficient (Wildman–Crippen LogP) is 1.99. The molecule has 1 heterocycles. The van der Waals surface area contributed by atoms with E-state index in [4.69, 9.17) is 4.74 Å². The van der Waals surface area contributed by atoms with Crippen molar-refractivity contribution >= 4 is 5.91 Å². The number of ether oxygens (including phenoxy) is 1. The largest absolute Gasteiger partial charge is 0.374 e. The Kier molecular flexibility index (Phi) is 7.39. The van der Waals surface area contributed by atoms with Crippen LogP contribution in [0.25, 0.3) is 0 Å². The molecule has 0 radical (unpaired) electrons. The number of hydrogen-bond donors (Lipinski definition) is 0. The fraction of sp³-hybridized carbons (Fsp3) is 0.933. The Labute approximate surface area is 118 Å². The number of unbranched alkanes of at least 4 members (excludes halogenated alkanes) is 2. The second kappa shape index (κ2) is 8.54. The van der Waals surface area contributed by atoms with Gasteiger partial charge in [0.1, 0.15) is 0 Å². The van der Waals surface area contributed by atoms with Crippen LogP contribution in [0.2, 0.25) is 0 Å². The van der Waals surface area contributed by atoms with Gasteiger partial charge in [-0.25, -0.2) is 0 Å². The molecular weight excluding hydrogens is 240 g/mol. The summed E-state index contributed by atoms with van der Waals surface area (Å²) in [4.78, 5) is 16.1. The molecule has 1 aliphatic heterocycles. The molecule has 0 aromatic rings. The van der Waals surface area contributed by atoms with E-state index in [1.165, 1.54) is 19.3 Å². The number of likely N-dealkylation sites (N-methyl/N-ethyl adjacent to an activating group) is 1. The summed E-state index contributed by atoms with van der Waals surface area (Å²) >= 11 is 0. The maximum Gasteiger partial charge on any atom is 0.224 e. The summed E-state index contributed by atoms with van der Waals surface area (Å²) in [7, 11) is 1.88. The molecule has 19 heavy (non-hydrogen) atoms. The van der Waals surface area contributed by atoms with Crippen LogP contribution in [0.1, 0.15) is 40.0 Å². The van der Waals surface area contributed by atoms with Crippen LogP contribution in [-0.2, 0) is 9.53 Å². The van der Waals surface area contributed by atoms with Crippen molar-refractivity contribution < 1.29 is 9.53 Å². The molecule has 4 heteroatoms. The minimum atomic E-state index is 0.0641. The van der Waals surface area contributed by atoms with Crippen molar-refractivity contribution in [1.29, 1.82) is 0 Å². The van der Waals surface area contributed by atoms with Crippen LogP contribution in [0.3, 0.4) is 0 Å². The number of hydrogen-bond acceptors (Lipinski definition) is 3. The highest BCUT2D eigenvalue weighted by Gasteiger charge is 2.23. The quantitative estimate of drug-likeness (QED) is 0.663. The lowest BCUT2D eigenvalue weighted by Crippen LogP contribution is -2.48. The monoisotopic (exact) mass is 270 g/mol. The number of morpholine rings is 1. The van der Waals surface area contributed by atoms with Gasteiger partial charge >= 0.3 is 0 Å². The van der Waals surface area contributed by atoms with Crippen molar-refractivity contribution in [3.63, 3.8) is 0 Å². The van der Waals surface area contributed by atoms with E-state index in [9.17, 15) is 4.79 Å². The van der Waals surface area contributed by atoms with Gasteiger partial charge in [0.05, 0.1) is 12.7 Å². The Morgan fingerprint density at radius 1 is 1.42 bits per heavy atom. The third-order valence-corrected chi connectivity index (χ3v) is 3.65. The van der Waals surface area contributed by atoms with Crippen molar-refractivity contribution in [3.8, 4) is 0 Å². The average Bonchev–Trinajstić information content (AvgIpc) is 2.38. The molecule has 1 atom stereocenters. The molecular formula is C15H30N2O2. The highest BCUT2D eigenvalue weighted by atomic mass is 16.5. The van der Waals surface area contributed by atoms with Gasteiger partial charge in [-0.15, -0.1) is 0 Å².